The van der Waals surface area contributed by atoms with Crippen molar-refractivity contribution in [1.82, 2.24) is 0 Å². The lowest BCUT2D eigenvalue weighted by atomic mass is 10.1. The van der Waals surface area contributed by atoms with E-state index in [1.165, 1.54) is 0 Å². The third-order valence-corrected chi connectivity index (χ3v) is 2.65. The van der Waals surface area contributed by atoms with Crippen molar-refractivity contribution in [2.24, 2.45) is 4.99 Å². The average Bonchev–Trinajstić information content (AvgIpc) is 2.39. The molecule has 0 bridgehead atoms. The topological polar surface area (TPSA) is 41.8 Å². The number of hydrogen-bond acceptors (Lipinski definition) is 3. The van der Waals surface area contributed by atoms with Gasteiger partial charge in [0, 0.05) is 5.56 Å². The molecule has 1 aliphatic rings. The zero-order chi connectivity index (χ0) is 11.7. The molecule has 0 spiro atoms. The van der Waals surface area contributed by atoms with Crippen LogP contribution in [0, 0.1) is 0 Å². The average molecular weight is 225 g/mol. The number of aliphatic hydroxyl groups is 1. The zero-order valence-corrected chi connectivity index (χ0v) is 9.08. The normalized spacial score (nSPS) is 17.9. The molecule has 84 valence electrons. The van der Waals surface area contributed by atoms with Gasteiger partial charge >= 0.3 is 0 Å². The molecular formula is C14H11NO2. The smallest absolute Gasteiger partial charge is 0.242 e. The van der Waals surface area contributed by atoms with E-state index in [1.807, 2.05) is 48.5 Å². The van der Waals surface area contributed by atoms with Crippen LogP contribution in [0.4, 0.5) is 5.69 Å². The number of para-hydroxylation sites is 2. The van der Waals surface area contributed by atoms with E-state index in [4.69, 9.17) is 4.74 Å². The molecule has 1 unspecified atom stereocenters. The molecular weight excluding hydrogens is 214 g/mol. The molecule has 0 saturated carbocycles. The second-order valence-electron chi connectivity index (χ2n) is 3.80. The molecule has 1 atom stereocenters. The summed E-state index contributed by atoms with van der Waals surface area (Å²) in [7, 11) is 0. The molecule has 1 aliphatic heterocycles. The highest BCUT2D eigenvalue weighted by Crippen LogP contribution is 2.32. The van der Waals surface area contributed by atoms with E-state index in [1.54, 1.807) is 6.07 Å². The van der Waals surface area contributed by atoms with E-state index >= 15 is 0 Å². The molecule has 17 heavy (non-hydrogen) atoms. The molecule has 2 aromatic carbocycles. The Morgan fingerprint density at radius 3 is 2.47 bits per heavy atom. The first kappa shape index (κ1) is 10.1. The van der Waals surface area contributed by atoms with Gasteiger partial charge in [0.1, 0.15) is 17.1 Å². The van der Waals surface area contributed by atoms with Crippen molar-refractivity contribution in [3.8, 4) is 5.75 Å². The fourth-order valence-corrected chi connectivity index (χ4v) is 1.83. The summed E-state index contributed by atoms with van der Waals surface area (Å²) in [6.07, 6.45) is -1.01. The maximum atomic E-state index is 9.92. The van der Waals surface area contributed by atoms with Crippen molar-refractivity contribution >= 4 is 11.4 Å². The number of ether oxygens (including phenoxy) is 1. The number of hydrogen-bond donors (Lipinski definition) is 1. The van der Waals surface area contributed by atoms with Crippen LogP contribution < -0.4 is 4.74 Å². The predicted molar refractivity (Wildman–Crippen MR) is 65.7 cm³/mol. The van der Waals surface area contributed by atoms with Crippen LogP contribution in [0.2, 0.25) is 0 Å². The van der Waals surface area contributed by atoms with Gasteiger partial charge in [0.05, 0.1) is 0 Å². The minimum atomic E-state index is -1.01. The summed E-state index contributed by atoms with van der Waals surface area (Å²) in [6.45, 7) is 0. The first-order valence-electron chi connectivity index (χ1n) is 5.42. The minimum absolute atomic E-state index is 0.546. The maximum Gasteiger partial charge on any atom is 0.242 e. The molecule has 0 aromatic heterocycles. The fraction of sp³-hybridized carbons (Fsp3) is 0.0714. The van der Waals surface area contributed by atoms with Gasteiger partial charge in [-0.2, -0.15) is 0 Å². The molecule has 3 nitrogen and oxygen atoms in total. The van der Waals surface area contributed by atoms with E-state index in [0.29, 0.717) is 11.5 Å². The zero-order valence-electron chi connectivity index (χ0n) is 9.08. The fourth-order valence-electron chi connectivity index (χ4n) is 1.83. The van der Waals surface area contributed by atoms with Crippen LogP contribution in [0.3, 0.4) is 0 Å². The van der Waals surface area contributed by atoms with Gasteiger partial charge in [0.25, 0.3) is 0 Å². The van der Waals surface area contributed by atoms with Gasteiger partial charge in [-0.05, 0) is 12.1 Å². The standard InChI is InChI=1S/C14H11NO2/c16-14-13(10-6-2-1-3-7-10)15-11-8-4-5-9-12(11)17-14/h1-9,14,16H. The Morgan fingerprint density at radius 1 is 0.941 bits per heavy atom. The van der Waals surface area contributed by atoms with Gasteiger partial charge in [-0.3, -0.25) is 0 Å². The second-order valence-corrected chi connectivity index (χ2v) is 3.80. The predicted octanol–water partition coefficient (Wildman–Crippen LogP) is 2.52. The largest absolute Gasteiger partial charge is 0.457 e. The van der Waals surface area contributed by atoms with Crippen molar-refractivity contribution in [3.63, 3.8) is 0 Å². The SMILES string of the molecule is OC1Oc2ccccc2N=C1c1ccccc1. The summed E-state index contributed by atoms with van der Waals surface area (Å²) >= 11 is 0. The first-order chi connectivity index (χ1) is 8.34. The van der Waals surface area contributed by atoms with Crippen LogP contribution in [-0.2, 0) is 0 Å². The Hall–Kier alpha value is -2.13. The lowest BCUT2D eigenvalue weighted by molar-refractivity contribution is 0.0402. The van der Waals surface area contributed by atoms with Crippen LogP contribution in [0.1, 0.15) is 5.56 Å². The van der Waals surface area contributed by atoms with Crippen molar-refractivity contribution in [2.45, 2.75) is 6.29 Å². The van der Waals surface area contributed by atoms with Crippen molar-refractivity contribution in [1.29, 1.82) is 0 Å². The van der Waals surface area contributed by atoms with E-state index in [2.05, 4.69) is 4.99 Å². The van der Waals surface area contributed by atoms with Crippen LogP contribution in [-0.4, -0.2) is 17.1 Å². The number of fused-ring (bicyclic) bond motifs is 1. The van der Waals surface area contributed by atoms with Crippen LogP contribution in [0.15, 0.2) is 59.6 Å². The number of aliphatic imine (C=N–C) groups is 1. The van der Waals surface area contributed by atoms with E-state index in [0.717, 1.165) is 11.3 Å². The Kier molecular flexibility index (Phi) is 2.38. The highest BCUT2D eigenvalue weighted by atomic mass is 16.6. The molecule has 1 N–H and O–H groups in total. The Labute approximate surface area is 99.0 Å². The molecule has 2 aromatic rings. The monoisotopic (exact) mass is 225 g/mol. The molecule has 0 saturated heterocycles. The van der Waals surface area contributed by atoms with Gasteiger partial charge in [-0.25, -0.2) is 4.99 Å². The highest BCUT2D eigenvalue weighted by Gasteiger charge is 2.22. The third kappa shape index (κ3) is 1.81. The molecule has 3 rings (SSSR count). The number of benzene rings is 2. The molecule has 0 radical (unpaired) electrons. The van der Waals surface area contributed by atoms with Gasteiger partial charge < -0.3 is 9.84 Å². The summed E-state index contributed by atoms with van der Waals surface area (Å²) in [5.74, 6) is 0.611. The van der Waals surface area contributed by atoms with E-state index < -0.39 is 6.29 Å². The first-order valence-corrected chi connectivity index (χ1v) is 5.42. The maximum absolute atomic E-state index is 9.92. The van der Waals surface area contributed by atoms with Gasteiger partial charge in [0.15, 0.2) is 0 Å². The second kappa shape index (κ2) is 4.03. The molecule has 0 fully saturated rings. The van der Waals surface area contributed by atoms with Crippen molar-refractivity contribution in [3.05, 3.63) is 60.2 Å². The van der Waals surface area contributed by atoms with Crippen molar-refractivity contribution in [2.75, 3.05) is 0 Å². The van der Waals surface area contributed by atoms with Crippen LogP contribution in [0.5, 0.6) is 5.75 Å². The Balaban J connectivity index is 2.10. The number of nitrogens with zero attached hydrogens (tertiary/aromatic N) is 1. The summed E-state index contributed by atoms with van der Waals surface area (Å²) in [4.78, 5) is 4.44. The lowest BCUT2D eigenvalue weighted by Gasteiger charge is -2.22. The van der Waals surface area contributed by atoms with E-state index in [9.17, 15) is 5.11 Å². The van der Waals surface area contributed by atoms with E-state index in [-0.39, 0.29) is 0 Å². The van der Waals surface area contributed by atoms with Crippen molar-refractivity contribution < 1.29 is 9.84 Å². The van der Waals surface area contributed by atoms with Crippen LogP contribution in [0.25, 0.3) is 0 Å². The molecule has 3 heteroatoms. The summed E-state index contributed by atoms with van der Waals surface area (Å²) < 4.78 is 5.42. The summed E-state index contributed by atoms with van der Waals surface area (Å²) in [5.41, 5.74) is 2.16. The van der Waals surface area contributed by atoms with Gasteiger partial charge in [-0.15, -0.1) is 0 Å². The van der Waals surface area contributed by atoms with Gasteiger partial charge in [0.2, 0.25) is 6.29 Å². The molecule has 0 aliphatic carbocycles. The number of aliphatic hydroxyl groups excluding tert-OH is 1. The van der Waals surface area contributed by atoms with Crippen LogP contribution >= 0.6 is 0 Å². The lowest BCUT2D eigenvalue weighted by Crippen LogP contribution is -2.29. The summed E-state index contributed by atoms with van der Waals surface area (Å²) in [5, 5.41) is 9.92. The quantitative estimate of drug-likeness (QED) is 0.810. The molecule has 0 amide bonds. The Morgan fingerprint density at radius 2 is 1.65 bits per heavy atom. The summed E-state index contributed by atoms with van der Waals surface area (Å²) in [6, 6.07) is 17.0. The minimum Gasteiger partial charge on any atom is -0.457 e. The third-order valence-electron chi connectivity index (χ3n) is 2.65. The Bertz CT molecular complexity index is 563. The van der Waals surface area contributed by atoms with Gasteiger partial charge in [-0.1, -0.05) is 42.5 Å². The highest BCUT2D eigenvalue weighted by molar-refractivity contribution is 6.05. The number of rotatable bonds is 1. The molecule has 1 heterocycles.